The normalized spacial score (nSPS) is 11.7. The molecular weight excluding hydrogens is 382 g/mol. The first-order valence-electron chi connectivity index (χ1n) is 10.0. The van der Waals surface area contributed by atoms with E-state index in [-0.39, 0.29) is 11.9 Å². The predicted octanol–water partition coefficient (Wildman–Crippen LogP) is 3.73. The van der Waals surface area contributed by atoms with Crippen molar-refractivity contribution < 1.29 is 14.3 Å². The zero-order valence-electron chi connectivity index (χ0n) is 17.5. The Hall–Kier alpha value is -3.42. The molecule has 0 spiro atoms. The lowest BCUT2D eigenvalue weighted by Gasteiger charge is -2.17. The van der Waals surface area contributed by atoms with Gasteiger partial charge in [0.25, 0.3) is 5.91 Å². The van der Waals surface area contributed by atoms with E-state index in [1.54, 1.807) is 25.6 Å². The van der Waals surface area contributed by atoms with Crippen molar-refractivity contribution >= 4 is 5.91 Å². The molecule has 8 nitrogen and oxygen atoms in total. The van der Waals surface area contributed by atoms with Crippen molar-refractivity contribution in [3.05, 3.63) is 60.3 Å². The average molecular weight is 409 g/mol. The Balaban J connectivity index is 1.63. The summed E-state index contributed by atoms with van der Waals surface area (Å²) in [6, 6.07) is 8.94. The van der Waals surface area contributed by atoms with E-state index in [0.29, 0.717) is 29.5 Å². The van der Waals surface area contributed by atoms with Gasteiger partial charge in [-0.15, -0.1) is 0 Å². The summed E-state index contributed by atoms with van der Waals surface area (Å²) in [5, 5.41) is 7.01. The molecular formula is C22H27N5O3. The molecule has 1 aromatic carbocycles. The van der Waals surface area contributed by atoms with Gasteiger partial charge in [-0.2, -0.15) is 5.10 Å². The largest absolute Gasteiger partial charge is 0.493 e. The van der Waals surface area contributed by atoms with E-state index >= 15 is 0 Å². The minimum atomic E-state index is -0.212. The molecule has 0 bridgehead atoms. The van der Waals surface area contributed by atoms with Gasteiger partial charge >= 0.3 is 0 Å². The van der Waals surface area contributed by atoms with Crippen molar-refractivity contribution in [1.29, 1.82) is 0 Å². The van der Waals surface area contributed by atoms with Crippen molar-refractivity contribution in [3.8, 4) is 17.3 Å². The molecule has 1 amide bonds. The summed E-state index contributed by atoms with van der Waals surface area (Å²) in [7, 11) is 1.61. The lowest BCUT2D eigenvalue weighted by molar-refractivity contribution is 0.0939. The summed E-state index contributed by atoms with van der Waals surface area (Å²) < 4.78 is 12.8. The van der Waals surface area contributed by atoms with Crippen molar-refractivity contribution in [2.45, 2.75) is 39.2 Å². The molecule has 1 N–H and O–H groups in total. The number of unbranched alkanes of at least 4 members (excludes halogenated alkanes) is 2. The molecule has 0 radical (unpaired) electrons. The van der Waals surface area contributed by atoms with Crippen LogP contribution in [0.25, 0.3) is 5.82 Å². The number of hydrogen-bond acceptors (Lipinski definition) is 6. The smallest absolute Gasteiger partial charge is 0.253 e. The first kappa shape index (κ1) is 21.3. The number of amides is 1. The summed E-state index contributed by atoms with van der Waals surface area (Å²) in [4.78, 5) is 20.8. The zero-order valence-corrected chi connectivity index (χ0v) is 17.5. The van der Waals surface area contributed by atoms with Gasteiger partial charge in [-0.25, -0.2) is 14.6 Å². The maximum Gasteiger partial charge on any atom is 0.253 e. The van der Waals surface area contributed by atoms with Gasteiger partial charge in [-0.3, -0.25) is 4.79 Å². The number of hydrogen-bond donors (Lipinski definition) is 1. The van der Waals surface area contributed by atoms with E-state index in [4.69, 9.17) is 9.47 Å². The van der Waals surface area contributed by atoms with Crippen molar-refractivity contribution in [1.82, 2.24) is 25.1 Å². The second-order valence-corrected chi connectivity index (χ2v) is 6.91. The molecule has 8 heteroatoms. The van der Waals surface area contributed by atoms with E-state index in [9.17, 15) is 4.79 Å². The van der Waals surface area contributed by atoms with Crippen LogP contribution in [0.3, 0.4) is 0 Å². The number of carbonyl (C=O) groups excluding carboxylic acids is 1. The minimum Gasteiger partial charge on any atom is -0.493 e. The highest BCUT2D eigenvalue weighted by molar-refractivity contribution is 5.94. The number of nitrogens with one attached hydrogen (secondary N) is 1. The summed E-state index contributed by atoms with van der Waals surface area (Å²) in [6.45, 7) is 4.74. The van der Waals surface area contributed by atoms with Gasteiger partial charge < -0.3 is 14.8 Å². The molecule has 30 heavy (non-hydrogen) atoms. The Morgan fingerprint density at radius 1 is 1.20 bits per heavy atom. The number of pyridine rings is 1. The SMILES string of the molecule is CCCCCOc1ccc(C(C)NC(=O)c2ccc(-n3cncn3)nc2)cc1OC. The summed E-state index contributed by atoms with van der Waals surface area (Å²) >= 11 is 0. The van der Waals surface area contributed by atoms with Crippen LogP contribution in [0.2, 0.25) is 0 Å². The van der Waals surface area contributed by atoms with Gasteiger partial charge in [0.1, 0.15) is 12.7 Å². The lowest BCUT2D eigenvalue weighted by atomic mass is 10.1. The van der Waals surface area contributed by atoms with E-state index in [1.807, 2.05) is 25.1 Å². The first-order chi connectivity index (χ1) is 14.6. The van der Waals surface area contributed by atoms with Crippen LogP contribution >= 0.6 is 0 Å². The molecule has 0 saturated heterocycles. The Morgan fingerprint density at radius 3 is 2.73 bits per heavy atom. The molecule has 0 fully saturated rings. The van der Waals surface area contributed by atoms with E-state index in [0.717, 1.165) is 24.8 Å². The van der Waals surface area contributed by atoms with Gasteiger partial charge in [0.2, 0.25) is 0 Å². The molecule has 0 aliphatic carbocycles. The molecule has 0 aliphatic rings. The third-order valence-electron chi connectivity index (χ3n) is 4.70. The highest BCUT2D eigenvalue weighted by Crippen LogP contribution is 2.30. The van der Waals surface area contributed by atoms with Crippen LogP contribution in [0, 0.1) is 0 Å². The van der Waals surface area contributed by atoms with Crippen LogP contribution < -0.4 is 14.8 Å². The molecule has 3 aromatic rings. The summed E-state index contributed by atoms with van der Waals surface area (Å²) in [5.41, 5.74) is 1.39. The Kier molecular flexibility index (Phi) is 7.37. The van der Waals surface area contributed by atoms with E-state index in [1.165, 1.54) is 17.2 Å². The molecule has 1 unspecified atom stereocenters. The van der Waals surface area contributed by atoms with Crippen LogP contribution in [-0.4, -0.2) is 39.4 Å². The average Bonchev–Trinajstić information content (AvgIpc) is 3.31. The monoisotopic (exact) mass is 409 g/mol. The highest BCUT2D eigenvalue weighted by Gasteiger charge is 2.15. The Labute approximate surface area is 176 Å². The van der Waals surface area contributed by atoms with Crippen LogP contribution in [-0.2, 0) is 0 Å². The molecule has 3 rings (SSSR count). The third kappa shape index (κ3) is 5.34. The fourth-order valence-corrected chi connectivity index (χ4v) is 2.95. The highest BCUT2D eigenvalue weighted by atomic mass is 16.5. The zero-order chi connectivity index (χ0) is 21.3. The lowest BCUT2D eigenvalue weighted by Crippen LogP contribution is -2.26. The van der Waals surface area contributed by atoms with Gasteiger partial charge in [-0.1, -0.05) is 25.8 Å². The fraction of sp³-hybridized carbons (Fsp3) is 0.364. The number of nitrogens with zero attached hydrogens (tertiary/aromatic N) is 4. The standard InChI is InChI=1S/C22H27N5O3/c1-4-5-6-11-30-19-9-7-17(12-20(19)29-3)16(2)26-22(28)18-8-10-21(24-13-18)27-15-23-14-25-27/h7-10,12-16H,4-6,11H2,1-3H3,(H,26,28). The topological polar surface area (TPSA) is 91.2 Å². The second kappa shape index (κ2) is 10.4. The predicted molar refractivity (Wildman–Crippen MR) is 113 cm³/mol. The Bertz CT molecular complexity index is 942. The molecule has 2 heterocycles. The number of aromatic nitrogens is 4. The quantitative estimate of drug-likeness (QED) is 0.513. The van der Waals surface area contributed by atoms with Crippen LogP contribution in [0.1, 0.15) is 55.1 Å². The van der Waals surface area contributed by atoms with E-state index < -0.39 is 0 Å². The van der Waals surface area contributed by atoms with Crippen LogP contribution in [0.5, 0.6) is 11.5 Å². The first-order valence-corrected chi connectivity index (χ1v) is 10.0. The maximum atomic E-state index is 12.6. The summed E-state index contributed by atoms with van der Waals surface area (Å²) in [6.07, 6.45) is 7.80. The number of ether oxygens (including phenoxy) is 2. The van der Waals surface area contributed by atoms with Gasteiger partial charge in [0, 0.05) is 6.20 Å². The minimum absolute atomic E-state index is 0.209. The maximum absolute atomic E-state index is 12.6. The van der Waals surface area contributed by atoms with Crippen molar-refractivity contribution in [3.63, 3.8) is 0 Å². The van der Waals surface area contributed by atoms with Crippen LogP contribution in [0.15, 0.2) is 49.2 Å². The molecule has 158 valence electrons. The molecule has 2 aromatic heterocycles. The number of carbonyl (C=O) groups is 1. The van der Waals surface area contributed by atoms with Crippen molar-refractivity contribution in [2.75, 3.05) is 13.7 Å². The molecule has 0 aliphatic heterocycles. The van der Waals surface area contributed by atoms with E-state index in [2.05, 4.69) is 27.3 Å². The molecule has 0 saturated carbocycles. The van der Waals surface area contributed by atoms with Crippen LogP contribution in [0.4, 0.5) is 0 Å². The van der Waals surface area contributed by atoms with Crippen molar-refractivity contribution in [2.24, 2.45) is 0 Å². The second-order valence-electron chi connectivity index (χ2n) is 6.91. The third-order valence-corrected chi connectivity index (χ3v) is 4.70. The summed E-state index contributed by atoms with van der Waals surface area (Å²) in [5.74, 6) is 1.75. The number of methoxy groups -OCH3 is 1. The fourth-order valence-electron chi connectivity index (χ4n) is 2.95. The van der Waals surface area contributed by atoms with Gasteiger partial charge in [-0.05, 0) is 43.2 Å². The number of rotatable bonds is 10. The van der Waals surface area contributed by atoms with Gasteiger partial charge in [0.05, 0.1) is 25.3 Å². The number of benzene rings is 1. The molecule has 1 atom stereocenters. The van der Waals surface area contributed by atoms with Gasteiger partial charge in [0.15, 0.2) is 17.3 Å². The Morgan fingerprint density at radius 2 is 2.07 bits per heavy atom.